The number of aryl methyl sites for hydroxylation is 1. The predicted octanol–water partition coefficient (Wildman–Crippen LogP) is 4.02. The molecular weight excluding hydrogens is 440 g/mol. The fourth-order valence-electron chi connectivity index (χ4n) is 3.50. The van der Waals surface area contributed by atoms with Crippen LogP contribution in [0.1, 0.15) is 39.6 Å². The SMILES string of the molecule is Cc1c(C(=O)OCC(C)C)sc2nc(Cl)nc(N3CCN(C(=O)c4ccco4)CC3)c12. The van der Waals surface area contributed by atoms with Crippen molar-refractivity contribution in [3.8, 4) is 0 Å². The number of furan rings is 1. The molecule has 1 aliphatic heterocycles. The molecular formula is C21H23ClN4O4S. The van der Waals surface area contributed by atoms with E-state index in [2.05, 4.69) is 14.9 Å². The van der Waals surface area contributed by atoms with Crippen LogP contribution < -0.4 is 4.90 Å². The van der Waals surface area contributed by atoms with Crippen molar-refractivity contribution in [1.82, 2.24) is 14.9 Å². The number of thiophene rings is 1. The molecule has 164 valence electrons. The maximum Gasteiger partial charge on any atom is 0.348 e. The number of esters is 1. The Morgan fingerprint density at radius 2 is 2.00 bits per heavy atom. The Kier molecular flexibility index (Phi) is 6.15. The summed E-state index contributed by atoms with van der Waals surface area (Å²) in [7, 11) is 0. The summed E-state index contributed by atoms with van der Waals surface area (Å²) in [6, 6.07) is 3.36. The Labute approximate surface area is 188 Å². The van der Waals surface area contributed by atoms with Crippen LogP contribution in [0.4, 0.5) is 5.82 Å². The van der Waals surface area contributed by atoms with Gasteiger partial charge in [-0.3, -0.25) is 4.79 Å². The average Bonchev–Trinajstić information content (AvgIpc) is 3.39. The maximum absolute atomic E-state index is 12.6. The zero-order valence-electron chi connectivity index (χ0n) is 17.6. The van der Waals surface area contributed by atoms with Crippen LogP contribution in [0, 0.1) is 12.8 Å². The first kappa shape index (κ1) is 21.6. The first-order chi connectivity index (χ1) is 14.8. The van der Waals surface area contributed by atoms with Crippen molar-refractivity contribution in [3.63, 3.8) is 0 Å². The zero-order chi connectivity index (χ0) is 22.1. The highest BCUT2D eigenvalue weighted by molar-refractivity contribution is 7.20. The Morgan fingerprint density at radius 3 is 2.65 bits per heavy atom. The van der Waals surface area contributed by atoms with Gasteiger partial charge in [-0.25, -0.2) is 9.78 Å². The van der Waals surface area contributed by atoms with Crippen molar-refractivity contribution >= 4 is 50.8 Å². The second-order valence-electron chi connectivity index (χ2n) is 7.80. The van der Waals surface area contributed by atoms with E-state index in [0.29, 0.717) is 54.1 Å². The van der Waals surface area contributed by atoms with Gasteiger partial charge >= 0.3 is 5.97 Å². The number of rotatable bonds is 5. The van der Waals surface area contributed by atoms with E-state index in [-0.39, 0.29) is 23.1 Å². The van der Waals surface area contributed by atoms with Gasteiger partial charge in [0.2, 0.25) is 5.28 Å². The third kappa shape index (κ3) is 4.38. The molecule has 0 spiro atoms. The molecule has 4 heterocycles. The lowest BCUT2D eigenvalue weighted by Crippen LogP contribution is -2.49. The number of fused-ring (bicyclic) bond motifs is 1. The molecule has 0 bridgehead atoms. The smallest absolute Gasteiger partial charge is 0.348 e. The second-order valence-corrected chi connectivity index (χ2v) is 9.14. The van der Waals surface area contributed by atoms with Gasteiger partial charge in [-0.1, -0.05) is 13.8 Å². The lowest BCUT2D eigenvalue weighted by molar-refractivity contribution is 0.0464. The van der Waals surface area contributed by atoms with E-state index in [4.69, 9.17) is 20.8 Å². The van der Waals surface area contributed by atoms with Crippen molar-refractivity contribution in [2.45, 2.75) is 20.8 Å². The Bertz CT molecular complexity index is 1100. The van der Waals surface area contributed by atoms with Gasteiger partial charge in [0, 0.05) is 26.2 Å². The molecule has 1 fully saturated rings. The molecule has 1 amide bonds. The maximum atomic E-state index is 12.6. The number of halogens is 1. The summed E-state index contributed by atoms with van der Waals surface area (Å²) in [5, 5.41) is 0.927. The van der Waals surface area contributed by atoms with Crippen molar-refractivity contribution in [2.75, 3.05) is 37.7 Å². The van der Waals surface area contributed by atoms with E-state index in [9.17, 15) is 9.59 Å². The summed E-state index contributed by atoms with van der Waals surface area (Å²) in [5.74, 6) is 0.780. The van der Waals surface area contributed by atoms with Crippen LogP contribution in [0.5, 0.6) is 0 Å². The van der Waals surface area contributed by atoms with E-state index in [1.54, 1.807) is 17.0 Å². The number of hydrogen-bond acceptors (Lipinski definition) is 8. The third-order valence-electron chi connectivity index (χ3n) is 5.08. The first-order valence-corrected chi connectivity index (χ1v) is 11.3. The molecule has 0 saturated carbocycles. The van der Waals surface area contributed by atoms with Gasteiger partial charge in [-0.2, -0.15) is 4.98 Å². The largest absolute Gasteiger partial charge is 0.461 e. The fourth-order valence-corrected chi connectivity index (χ4v) is 4.79. The number of ether oxygens (including phenoxy) is 1. The Balaban J connectivity index is 1.58. The summed E-state index contributed by atoms with van der Waals surface area (Å²) in [6.45, 7) is 8.42. The number of carbonyl (C=O) groups is 2. The van der Waals surface area contributed by atoms with Gasteiger partial charge in [-0.15, -0.1) is 11.3 Å². The minimum atomic E-state index is -0.356. The molecule has 1 aliphatic rings. The van der Waals surface area contributed by atoms with Crippen LogP contribution in [0.15, 0.2) is 22.8 Å². The van der Waals surface area contributed by atoms with Gasteiger partial charge in [0.05, 0.1) is 18.3 Å². The Hall–Kier alpha value is -2.65. The number of nitrogens with zero attached hydrogens (tertiary/aromatic N) is 4. The average molecular weight is 463 g/mol. The molecule has 31 heavy (non-hydrogen) atoms. The molecule has 4 rings (SSSR count). The lowest BCUT2D eigenvalue weighted by atomic mass is 10.1. The second kappa shape index (κ2) is 8.84. The highest BCUT2D eigenvalue weighted by Crippen LogP contribution is 2.37. The molecule has 3 aromatic rings. The fraction of sp³-hybridized carbons (Fsp3) is 0.429. The number of aromatic nitrogens is 2. The molecule has 10 heteroatoms. The number of amides is 1. The summed E-state index contributed by atoms with van der Waals surface area (Å²) in [5.41, 5.74) is 0.787. The van der Waals surface area contributed by atoms with Crippen molar-refractivity contribution < 1.29 is 18.7 Å². The van der Waals surface area contributed by atoms with Crippen LogP contribution in [0.25, 0.3) is 10.2 Å². The standard InChI is InChI=1S/C21H23ClN4O4S/c1-12(2)11-30-20(28)16-13(3)15-17(23-21(22)24-18(15)31-16)25-6-8-26(9-7-25)19(27)14-5-4-10-29-14/h4-5,10,12H,6-9,11H2,1-3H3. The van der Waals surface area contributed by atoms with Gasteiger partial charge in [0.25, 0.3) is 5.91 Å². The van der Waals surface area contributed by atoms with Crippen molar-refractivity contribution in [3.05, 3.63) is 39.9 Å². The van der Waals surface area contributed by atoms with E-state index < -0.39 is 0 Å². The number of anilines is 1. The van der Waals surface area contributed by atoms with Gasteiger partial charge in [0.1, 0.15) is 15.5 Å². The molecule has 0 atom stereocenters. The minimum absolute atomic E-state index is 0.125. The highest BCUT2D eigenvalue weighted by atomic mass is 35.5. The number of hydrogen-bond donors (Lipinski definition) is 0. The van der Waals surface area contributed by atoms with E-state index in [1.165, 1.54) is 17.6 Å². The third-order valence-corrected chi connectivity index (χ3v) is 6.41. The molecule has 0 unspecified atom stereocenters. The molecule has 3 aromatic heterocycles. The van der Waals surface area contributed by atoms with Crippen molar-refractivity contribution in [2.24, 2.45) is 5.92 Å². The monoisotopic (exact) mass is 462 g/mol. The first-order valence-electron chi connectivity index (χ1n) is 10.1. The van der Waals surface area contributed by atoms with Gasteiger partial charge < -0.3 is 19.0 Å². The number of carbonyl (C=O) groups excluding carboxylic acids is 2. The number of piperazine rings is 1. The lowest BCUT2D eigenvalue weighted by Gasteiger charge is -2.35. The predicted molar refractivity (Wildman–Crippen MR) is 119 cm³/mol. The molecule has 8 nitrogen and oxygen atoms in total. The molecule has 0 N–H and O–H groups in total. The zero-order valence-corrected chi connectivity index (χ0v) is 19.1. The van der Waals surface area contributed by atoms with E-state index in [0.717, 1.165) is 10.9 Å². The Morgan fingerprint density at radius 1 is 1.26 bits per heavy atom. The van der Waals surface area contributed by atoms with Gasteiger partial charge in [-0.05, 0) is 42.1 Å². The van der Waals surface area contributed by atoms with Gasteiger partial charge in [0.15, 0.2) is 5.76 Å². The van der Waals surface area contributed by atoms with Crippen molar-refractivity contribution in [1.29, 1.82) is 0 Å². The summed E-state index contributed by atoms with van der Waals surface area (Å²) in [4.78, 5) is 38.9. The van der Waals surface area contributed by atoms with Crippen LogP contribution >= 0.6 is 22.9 Å². The van der Waals surface area contributed by atoms with Crippen LogP contribution in [0.3, 0.4) is 0 Å². The summed E-state index contributed by atoms with van der Waals surface area (Å²) in [6.07, 6.45) is 1.49. The quantitative estimate of drug-likeness (QED) is 0.418. The molecule has 0 radical (unpaired) electrons. The highest BCUT2D eigenvalue weighted by Gasteiger charge is 2.28. The minimum Gasteiger partial charge on any atom is -0.461 e. The van der Waals surface area contributed by atoms with E-state index >= 15 is 0 Å². The molecule has 0 aliphatic carbocycles. The van der Waals surface area contributed by atoms with Crippen LogP contribution in [0.2, 0.25) is 5.28 Å². The molecule has 1 saturated heterocycles. The summed E-state index contributed by atoms with van der Waals surface area (Å²) >= 11 is 7.46. The van der Waals surface area contributed by atoms with Crippen LogP contribution in [-0.4, -0.2) is 59.5 Å². The topological polar surface area (TPSA) is 88.8 Å². The van der Waals surface area contributed by atoms with Crippen LogP contribution in [-0.2, 0) is 4.74 Å². The molecule has 0 aromatic carbocycles. The van der Waals surface area contributed by atoms with E-state index in [1.807, 2.05) is 20.8 Å². The normalized spacial score (nSPS) is 14.5. The summed E-state index contributed by atoms with van der Waals surface area (Å²) < 4.78 is 10.6.